The Morgan fingerprint density at radius 1 is 1.09 bits per heavy atom. The van der Waals surface area contributed by atoms with Crippen LogP contribution < -0.4 is 4.90 Å². The Hall–Kier alpha value is -1.43. The Labute approximate surface area is 130 Å². The smallest absolute Gasteiger partial charge is 0.241 e. The van der Waals surface area contributed by atoms with Crippen LogP contribution in [-0.4, -0.2) is 56.0 Å². The van der Waals surface area contributed by atoms with Gasteiger partial charge in [0.2, 0.25) is 5.91 Å². The molecule has 3 heterocycles. The van der Waals surface area contributed by atoms with E-state index in [1.807, 2.05) is 23.1 Å². The number of piperidine rings is 1. The first kappa shape index (κ1) is 14.2. The number of carbonyl (C=O) groups is 1. The molecule has 0 atom stereocenters. The molecule has 0 radical (unpaired) electrons. The number of nitrogens with zero attached hydrogens (tertiary/aromatic N) is 2. The van der Waals surface area contributed by atoms with Crippen molar-refractivity contribution in [2.75, 3.05) is 44.3 Å². The Bertz CT molecular complexity index is 559. The lowest BCUT2D eigenvalue weighted by Crippen LogP contribution is -2.48. The molecule has 2 fully saturated rings. The lowest BCUT2D eigenvalue weighted by Gasteiger charge is -2.37. The summed E-state index contributed by atoms with van der Waals surface area (Å²) in [5.41, 5.74) is 2.37. The number of hydrogen-bond donors (Lipinski definition) is 0. The van der Waals surface area contributed by atoms with Gasteiger partial charge >= 0.3 is 0 Å². The van der Waals surface area contributed by atoms with Gasteiger partial charge in [-0.1, -0.05) is 18.2 Å². The van der Waals surface area contributed by atoms with Gasteiger partial charge < -0.3 is 14.4 Å². The van der Waals surface area contributed by atoms with Gasteiger partial charge in [-0.2, -0.15) is 0 Å². The highest BCUT2D eigenvalue weighted by Crippen LogP contribution is 2.32. The Balaban J connectivity index is 1.36. The second-order valence-electron chi connectivity index (χ2n) is 6.31. The first-order valence-electron chi connectivity index (χ1n) is 8.14. The van der Waals surface area contributed by atoms with Gasteiger partial charge in [0.1, 0.15) is 0 Å². The predicted octanol–water partition coefficient (Wildman–Crippen LogP) is 1.41. The molecule has 5 heteroatoms. The normalized spacial score (nSPS) is 23.9. The molecule has 1 amide bonds. The van der Waals surface area contributed by atoms with E-state index >= 15 is 0 Å². The number of likely N-dealkylation sites (tertiary alicyclic amines) is 1. The molecule has 1 aromatic carbocycles. The largest absolute Gasteiger partial charge is 0.347 e. The van der Waals surface area contributed by atoms with Crippen molar-refractivity contribution in [1.82, 2.24) is 4.90 Å². The number of para-hydroxylation sites is 1. The molecule has 0 unspecified atom stereocenters. The maximum absolute atomic E-state index is 12.6. The summed E-state index contributed by atoms with van der Waals surface area (Å²) in [6.07, 6.45) is 2.68. The van der Waals surface area contributed by atoms with Gasteiger partial charge in [0.15, 0.2) is 5.79 Å². The molecule has 5 nitrogen and oxygen atoms in total. The maximum atomic E-state index is 12.6. The number of carbonyl (C=O) groups excluding carboxylic acids is 1. The van der Waals surface area contributed by atoms with E-state index in [1.165, 1.54) is 5.56 Å². The average molecular weight is 302 g/mol. The molecule has 3 aliphatic rings. The van der Waals surface area contributed by atoms with E-state index in [-0.39, 0.29) is 11.7 Å². The van der Waals surface area contributed by atoms with Crippen molar-refractivity contribution in [2.45, 2.75) is 25.0 Å². The number of benzene rings is 1. The summed E-state index contributed by atoms with van der Waals surface area (Å²) in [6, 6.07) is 8.20. The topological polar surface area (TPSA) is 42.0 Å². The van der Waals surface area contributed by atoms with Crippen LogP contribution >= 0.6 is 0 Å². The zero-order valence-electron chi connectivity index (χ0n) is 12.8. The molecule has 22 heavy (non-hydrogen) atoms. The van der Waals surface area contributed by atoms with E-state index in [4.69, 9.17) is 9.47 Å². The molecule has 0 aliphatic carbocycles. The third-order valence-corrected chi connectivity index (χ3v) is 4.98. The zero-order valence-corrected chi connectivity index (χ0v) is 12.8. The number of fused-ring (bicyclic) bond motifs is 1. The van der Waals surface area contributed by atoms with Crippen molar-refractivity contribution in [3.63, 3.8) is 0 Å². The summed E-state index contributed by atoms with van der Waals surface area (Å²) in [7, 11) is 0. The quantitative estimate of drug-likeness (QED) is 0.828. The summed E-state index contributed by atoms with van der Waals surface area (Å²) in [5, 5.41) is 0. The van der Waals surface area contributed by atoms with E-state index in [1.54, 1.807) is 0 Å². The zero-order chi connectivity index (χ0) is 15.0. The molecule has 4 rings (SSSR count). The Kier molecular flexibility index (Phi) is 3.64. The van der Waals surface area contributed by atoms with Gasteiger partial charge in [-0.3, -0.25) is 9.69 Å². The molecular weight excluding hydrogens is 280 g/mol. The number of amides is 1. The Morgan fingerprint density at radius 2 is 1.82 bits per heavy atom. The lowest BCUT2D eigenvalue weighted by molar-refractivity contribution is -0.185. The van der Waals surface area contributed by atoms with Crippen molar-refractivity contribution in [1.29, 1.82) is 0 Å². The minimum Gasteiger partial charge on any atom is -0.347 e. The predicted molar refractivity (Wildman–Crippen MR) is 82.8 cm³/mol. The second-order valence-corrected chi connectivity index (χ2v) is 6.31. The van der Waals surface area contributed by atoms with Crippen LogP contribution in [0, 0.1) is 0 Å². The standard InChI is InChI=1S/C17H22N2O3/c20-16(19-8-5-14-3-1-2-4-15(14)19)13-18-9-6-17(7-10-18)21-11-12-22-17/h1-4H,5-13H2. The van der Waals surface area contributed by atoms with E-state index in [2.05, 4.69) is 11.0 Å². The highest BCUT2D eigenvalue weighted by Gasteiger charge is 2.40. The van der Waals surface area contributed by atoms with Crippen LogP contribution in [0.4, 0.5) is 5.69 Å². The fourth-order valence-corrected chi connectivity index (χ4v) is 3.71. The van der Waals surface area contributed by atoms with E-state index in [9.17, 15) is 4.79 Å². The minimum absolute atomic E-state index is 0.203. The first-order valence-corrected chi connectivity index (χ1v) is 8.14. The van der Waals surface area contributed by atoms with Crippen molar-refractivity contribution in [2.24, 2.45) is 0 Å². The number of ether oxygens (including phenoxy) is 2. The fourth-order valence-electron chi connectivity index (χ4n) is 3.71. The van der Waals surface area contributed by atoms with Gasteiger partial charge in [-0.05, 0) is 18.1 Å². The van der Waals surface area contributed by atoms with Gasteiger partial charge in [0, 0.05) is 38.2 Å². The second kappa shape index (κ2) is 5.65. The monoisotopic (exact) mass is 302 g/mol. The van der Waals surface area contributed by atoms with Crippen LogP contribution in [0.5, 0.6) is 0 Å². The summed E-state index contributed by atoms with van der Waals surface area (Å²) in [6.45, 7) is 4.42. The summed E-state index contributed by atoms with van der Waals surface area (Å²) < 4.78 is 11.5. The highest BCUT2D eigenvalue weighted by molar-refractivity contribution is 5.96. The molecule has 1 aromatic rings. The molecule has 0 aromatic heterocycles. The number of rotatable bonds is 2. The van der Waals surface area contributed by atoms with Crippen molar-refractivity contribution >= 4 is 11.6 Å². The molecule has 0 bridgehead atoms. The average Bonchev–Trinajstić information content (AvgIpc) is 3.17. The molecule has 3 aliphatic heterocycles. The summed E-state index contributed by atoms with van der Waals surface area (Å²) in [4.78, 5) is 16.8. The van der Waals surface area contributed by atoms with E-state index in [0.29, 0.717) is 19.8 Å². The number of hydrogen-bond acceptors (Lipinski definition) is 4. The maximum Gasteiger partial charge on any atom is 0.241 e. The summed E-state index contributed by atoms with van der Waals surface area (Å²) in [5.74, 6) is -0.158. The molecule has 1 spiro atoms. The Morgan fingerprint density at radius 3 is 2.59 bits per heavy atom. The van der Waals surface area contributed by atoms with Crippen LogP contribution in [0.3, 0.4) is 0 Å². The highest BCUT2D eigenvalue weighted by atomic mass is 16.7. The van der Waals surface area contributed by atoms with Crippen LogP contribution in [-0.2, 0) is 20.7 Å². The van der Waals surface area contributed by atoms with Gasteiger partial charge in [-0.25, -0.2) is 0 Å². The molecular formula is C17H22N2O3. The molecule has 0 saturated carbocycles. The summed E-state index contributed by atoms with van der Waals surface area (Å²) >= 11 is 0. The van der Waals surface area contributed by atoms with Crippen molar-refractivity contribution < 1.29 is 14.3 Å². The third-order valence-electron chi connectivity index (χ3n) is 4.98. The van der Waals surface area contributed by atoms with Gasteiger partial charge in [0.25, 0.3) is 0 Å². The fraction of sp³-hybridized carbons (Fsp3) is 0.588. The van der Waals surface area contributed by atoms with Crippen LogP contribution in [0.2, 0.25) is 0 Å². The van der Waals surface area contributed by atoms with E-state index in [0.717, 1.165) is 44.6 Å². The van der Waals surface area contributed by atoms with Crippen LogP contribution in [0.25, 0.3) is 0 Å². The van der Waals surface area contributed by atoms with Gasteiger partial charge in [-0.15, -0.1) is 0 Å². The first-order chi connectivity index (χ1) is 10.8. The minimum atomic E-state index is -0.361. The SMILES string of the molecule is O=C(CN1CCC2(CC1)OCCO2)N1CCc2ccccc21. The van der Waals surface area contributed by atoms with E-state index < -0.39 is 0 Å². The third kappa shape index (κ3) is 2.53. The van der Waals surface area contributed by atoms with Crippen molar-refractivity contribution in [3.05, 3.63) is 29.8 Å². The number of anilines is 1. The molecule has 2 saturated heterocycles. The van der Waals surface area contributed by atoms with Gasteiger partial charge in [0.05, 0.1) is 19.8 Å². The van der Waals surface area contributed by atoms with Crippen LogP contribution in [0.15, 0.2) is 24.3 Å². The molecule has 0 N–H and O–H groups in total. The van der Waals surface area contributed by atoms with Crippen molar-refractivity contribution in [3.8, 4) is 0 Å². The molecule has 118 valence electrons. The van der Waals surface area contributed by atoms with Crippen LogP contribution in [0.1, 0.15) is 18.4 Å². The lowest BCUT2D eigenvalue weighted by atomic mass is 10.0.